The van der Waals surface area contributed by atoms with E-state index in [4.69, 9.17) is 4.74 Å². The molecule has 0 aliphatic rings. The molecule has 0 bridgehead atoms. The van der Waals surface area contributed by atoms with E-state index in [0.717, 1.165) is 28.7 Å². The van der Waals surface area contributed by atoms with Crippen molar-refractivity contribution in [3.63, 3.8) is 0 Å². The highest BCUT2D eigenvalue weighted by molar-refractivity contribution is 5.59. The Kier molecular flexibility index (Phi) is 7.02. The Labute approximate surface area is 157 Å². The predicted octanol–water partition coefficient (Wildman–Crippen LogP) is 6.33. The van der Waals surface area contributed by atoms with Gasteiger partial charge in [0.05, 0.1) is 12.8 Å². The van der Waals surface area contributed by atoms with Crippen LogP contribution in [0.3, 0.4) is 0 Å². The SMILES string of the molecule is CC(C)C.COc1cc(-n2ccnc2-c2ccccc2)ccc1C(C)C. The van der Waals surface area contributed by atoms with Crippen LogP contribution in [0.5, 0.6) is 5.75 Å². The molecular formula is C23H30N2O. The van der Waals surface area contributed by atoms with Gasteiger partial charge in [-0.1, -0.05) is 71.0 Å². The summed E-state index contributed by atoms with van der Waals surface area (Å²) in [5.41, 5.74) is 3.37. The van der Waals surface area contributed by atoms with Crippen LogP contribution in [0.4, 0.5) is 0 Å². The summed E-state index contributed by atoms with van der Waals surface area (Å²) >= 11 is 0. The Morgan fingerprint density at radius 3 is 2.15 bits per heavy atom. The number of hydrogen-bond donors (Lipinski definition) is 0. The highest BCUT2D eigenvalue weighted by Gasteiger charge is 2.12. The molecule has 138 valence electrons. The first-order valence-electron chi connectivity index (χ1n) is 9.21. The summed E-state index contributed by atoms with van der Waals surface area (Å²) in [4.78, 5) is 4.50. The molecule has 0 N–H and O–H groups in total. The first kappa shape index (κ1) is 19.8. The lowest BCUT2D eigenvalue weighted by Gasteiger charge is -2.15. The number of benzene rings is 2. The fraction of sp³-hybridized carbons (Fsp3) is 0.348. The van der Waals surface area contributed by atoms with Crippen LogP contribution in [0, 0.1) is 5.92 Å². The van der Waals surface area contributed by atoms with Crippen LogP contribution in [0.15, 0.2) is 60.9 Å². The summed E-state index contributed by atoms with van der Waals surface area (Å²) in [5, 5.41) is 0. The van der Waals surface area contributed by atoms with Crippen LogP contribution in [0.25, 0.3) is 17.1 Å². The number of methoxy groups -OCH3 is 1. The summed E-state index contributed by atoms with van der Waals surface area (Å²) in [6.45, 7) is 10.8. The predicted molar refractivity (Wildman–Crippen MR) is 110 cm³/mol. The molecule has 0 atom stereocenters. The summed E-state index contributed by atoms with van der Waals surface area (Å²) in [5.74, 6) is 3.11. The molecule has 0 aliphatic heterocycles. The summed E-state index contributed by atoms with van der Waals surface area (Å²) < 4.78 is 7.64. The van der Waals surface area contributed by atoms with Crippen LogP contribution in [-0.2, 0) is 0 Å². The molecular weight excluding hydrogens is 320 g/mol. The van der Waals surface area contributed by atoms with Crippen molar-refractivity contribution in [2.24, 2.45) is 5.92 Å². The van der Waals surface area contributed by atoms with E-state index >= 15 is 0 Å². The Morgan fingerprint density at radius 2 is 1.58 bits per heavy atom. The minimum Gasteiger partial charge on any atom is -0.496 e. The molecule has 0 saturated carbocycles. The second-order valence-electron chi connectivity index (χ2n) is 7.30. The monoisotopic (exact) mass is 350 g/mol. The fourth-order valence-corrected chi connectivity index (χ4v) is 2.64. The van der Waals surface area contributed by atoms with Gasteiger partial charge in [0.25, 0.3) is 0 Å². The fourth-order valence-electron chi connectivity index (χ4n) is 2.64. The van der Waals surface area contributed by atoms with Gasteiger partial charge in [0.1, 0.15) is 11.6 Å². The first-order valence-corrected chi connectivity index (χ1v) is 9.21. The van der Waals surface area contributed by atoms with E-state index in [0.29, 0.717) is 5.92 Å². The van der Waals surface area contributed by atoms with Gasteiger partial charge in [-0.3, -0.25) is 4.57 Å². The van der Waals surface area contributed by atoms with Gasteiger partial charge >= 0.3 is 0 Å². The third-order valence-electron chi connectivity index (χ3n) is 3.79. The van der Waals surface area contributed by atoms with Crippen molar-refractivity contribution in [3.8, 4) is 22.8 Å². The molecule has 0 aliphatic carbocycles. The zero-order valence-corrected chi connectivity index (χ0v) is 16.7. The number of ether oxygens (including phenoxy) is 1. The minimum atomic E-state index is 0.431. The lowest BCUT2D eigenvalue weighted by Crippen LogP contribution is -2.00. The van der Waals surface area contributed by atoms with Crippen molar-refractivity contribution in [2.75, 3.05) is 7.11 Å². The van der Waals surface area contributed by atoms with Gasteiger partial charge < -0.3 is 4.74 Å². The van der Waals surface area contributed by atoms with E-state index < -0.39 is 0 Å². The van der Waals surface area contributed by atoms with Crippen LogP contribution in [0.1, 0.15) is 46.1 Å². The third kappa shape index (κ3) is 4.98. The van der Waals surface area contributed by atoms with E-state index in [1.807, 2.05) is 30.6 Å². The molecule has 0 spiro atoms. The molecule has 3 nitrogen and oxygen atoms in total. The third-order valence-corrected chi connectivity index (χ3v) is 3.79. The van der Waals surface area contributed by atoms with Crippen molar-refractivity contribution >= 4 is 0 Å². The smallest absolute Gasteiger partial charge is 0.144 e. The normalized spacial score (nSPS) is 10.6. The molecule has 3 aromatic rings. The van der Waals surface area contributed by atoms with Gasteiger partial charge in [-0.2, -0.15) is 0 Å². The lowest BCUT2D eigenvalue weighted by molar-refractivity contribution is 0.407. The van der Waals surface area contributed by atoms with Crippen LogP contribution in [-0.4, -0.2) is 16.7 Å². The van der Waals surface area contributed by atoms with Crippen molar-refractivity contribution < 1.29 is 4.74 Å². The number of rotatable bonds is 4. The maximum Gasteiger partial charge on any atom is 0.144 e. The van der Waals surface area contributed by atoms with E-state index in [2.05, 4.69) is 74.5 Å². The Balaban J connectivity index is 0.000000552. The summed E-state index contributed by atoms with van der Waals surface area (Å²) in [6, 6.07) is 16.5. The first-order chi connectivity index (χ1) is 12.4. The molecule has 1 aromatic heterocycles. The zero-order chi connectivity index (χ0) is 19.1. The molecule has 0 radical (unpaired) electrons. The summed E-state index contributed by atoms with van der Waals surface area (Å²) in [7, 11) is 1.72. The Morgan fingerprint density at radius 1 is 0.923 bits per heavy atom. The molecule has 0 saturated heterocycles. The van der Waals surface area contributed by atoms with Crippen LogP contribution in [0.2, 0.25) is 0 Å². The molecule has 0 fully saturated rings. The molecule has 0 unspecified atom stereocenters. The maximum absolute atomic E-state index is 5.56. The molecule has 2 aromatic carbocycles. The largest absolute Gasteiger partial charge is 0.496 e. The highest BCUT2D eigenvalue weighted by atomic mass is 16.5. The van der Waals surface area contributed by atoms with Crippen molar-refractivity contribution in [2.45, 2.75) is 40.5 Å². The standard InChI is InChI=1S/C19H20N2O.C4H10/c1-14(2)17-10-9-16(13-18(17)22-3)21-12-11-20-19(21)15-7-5-4-6-8-15;1-4(2)3/h4-14H,1-3H3;4H,1-3H3. The van der Waals surface area contributed by atoms with Gasteiger partial charge in [-0.05, 0) is 23.5 Å². The van der Waals surface area contributed by atoms with E-state index in [1.165, 1.54) is 5.56 Å². The van der Waals surface area contributed by atoms with Crippen molar-refractivity contribution in [1.82, 2.24) is 9.55 Å². The van der Waals surface area contributed by atoms with E-state index in [1.54, 1.807) is 7.11 Å². The number of hydrogen-bond acceptors (Lipinski definition) is 2. The van der Waals surface area contributed by atoms with Gasteiger partial charge in [0.2, 0.25) is 0 Å². The zero-order valence-electron chi connectivity index (χ0n) is 16.7. The number of imidazole rings is 1. The molecule has 26 heavy (non-hydrogen) atoms. The number of nitrogens with zero attached hydrogens (tertiary/aromatic N) is 2. The van der Waals surface area contributed by atoms with Gasteiger partial charge in [0, 0.05) is 24.0 Å². The topological polar surface area (TPSA) is 27.1 Å². The molecule has 0 amide bonds. The average Bonchev–Trinajstić information content (AvgIpc) is 3.11. The molecule has 3 rings (SSSR count). The van der Waals surface area contributed by atoms with Gasteiger partial charge in [-0.25, -0.2) is 4.98 Å². The minimum absolute atomic E-state index is 0.431. The Bertz CT molecular complexity index is 801. The summed E-state index contributed by atoms with van der Waals surface area (Å²) in [6.07, 6.45) is 3.80. The van der Waals surface area contributed by atoms with E-state index in [-0.39, 0.29) is 0 Å². The molecule has 1 heterocycles. The second-order valence-corrected chi connectivity index (χ2v) is 7.30. The number of aromatic nitrogens is 2. The van der Waals surface area contributed by atoms with Gasteiger partial charge in [0.15, 0.2) is 0 Å². The average molecular weight is 351 g/mol. The van der Waals surface area contributed by atoms with Crippen molar-refractivity contribution in [1.29, 1.82) is 0 Å². The lowest BCUT2D eigenvalue weighted by atomic mass is 10.0. The maximum atomic E-state index is 5.56. The van der Waals surface area contributed by atoms with Gasteiger partial charge in [-0.15, -0.1) is 0 Å². The van der Waals surface area contributed by atoms with Crippen LogP contribution < -0.4 is 4.74 Å². The highest BCUT2D eigenvalue weighted by Crippen LogP contribution is 2.30. The molecule has 3 heteroatoms. The second kappa shape index (κ2) is 9.23. The van der Waals surface area contributed by atoms with Crippen LogP contribution >= 0.6 is 0 Å². The van der Waals surface area contributed by atoms with E-state index in [9.17, 15) is 0 Å². The van der Waals surface area contributed by atoms with Crippen molar-refractivity contribution in [3.05, 3.63) is 66.5 Å². The quantitative estimate of drug-likeness (QED) is 0.549. The Hall–Kier alpha value is -2.55.